The third-order valence-corrected chi connectivity index (χ3v) is 5.06. The minimum absolute atomic E-state index is 0.0299. The molecule has 3 heterocycles. The number of hydrogen-bond donors (Lipinski definition) is 1. The number of carboxylic acids is 1. The van der Waals surface area contributed by atoms with Crippen LogP contribution in [0.2, 0.25) is 5.02 Å². The van der Waals surface area contributed by atoms with Gasteiger partial charge in [-0.05, 0) is 38.2 Å². The Morgan fingerprint density at radius 3 is 2.58 bits per heavy atom. The Balaban J connectivity index is 1.74. The third-order valence-electron chi connectivity index (χ3n) is 4.78. The zero-order valence-corrected chi connectivity index (χ0v) is 14.3. The molecule has 0 radical (unpaired) electrons. The van der Waals surface area contributed by atoms with Crippen LogP contribution in [-0.4, -0.2) is 53.0 Å². The van der Waals surface area contributed by atoms with Crippen LogP contribution in [0.5, 0.6) is 0 Å². The molecule has 1 unspecified atom stereocenters. The molecule has 0 saturated carbocycles. The molecule has 2 aliphatic heterocycles. The standard InChI is InChI=1S/C17H22ClN3O3/c18-14-9-13(16(22)20-6-2-1-3-7-20)10-19-15(14)21-8-4-5-12(11-21)17(23)24/h9-10,12H,1-8,11H2,(H,23,24). The van der Waals surface area contributed by atoms with E-state index in [1.165, 1.54) is 6.42 Å². The van der Waals surface area contributed by atoms with Gasteiger partial charge in [-0.15, -0.1) is 0 Å². The maximum atomic E-state index is 12.5. The fourth-order valence-corrected chi connectivity index (χ4v) is 3.72. The lowest BCUT2D eigenvalue weighted by Gasteiger charge is -2.32. The maximum Gasteiger partial charge on any atom is 0.308 e. The van der Waals surface area contributed by atoms with E-state index in [-0.39, 0.29) is 5.91 Å². The van der Waals surface area contributed by atoms with E-state index in [0.29, 0.717) is 29.4 Å². The van der Waals surface area contributed by atoms with Gasteiger partial charge in [0, 0.05) is 32.4 Å². The summed E-state index contributed by atoms with van der Waals surface area (Å²) in [4.78, 5) is 31.8. The largest absolute Gasteiger partial charge is 0.481 e. The van der Waals surface area contributed by atoms with Gasteiger partial charge in [0.15, 0.2) is 0 Å². The monoisotopic (exact) mass is 351 g/mol. The van der Waals surface area contributed by atoms with Gasteiger partial charge < -0.3 is 14.9 Å². The summed E-state index contributed by atoms with van der Waals surface area (Å²) in [5.74, 6) is -0.644. The number of piperidine rings is 2. The van der Waals surface area contributed by atoms with Crippen LogP contribution < -0.4 is 4.90 Å². The van der Waals surface area contributed by atoms with Gasteiger partial charge in [0.25, 0.3) is 5.91 Å². The molecular formula is C17H22ClN3O3. The molecule has 1 N–H and O–H groups in total. The number of hydrogen-bond acceptors (Lipinski definition) is 4. The molecule has 7 heteroatoms. The van der Waals surface area contributed by atoms with Gasteiger partial charge in [0.05, 0.1) is 16.5 Å². The molecule has 1 atom stereocenters. The van der Waals surface area contributed by atoms with Crippen molar-refractivity contribution in [1.29, 1.82) is 0 Å². The van der Waals surface area contributed by atoms with Crippen LogP contribution >= 0.6 is 11.6 Å². The SMILES string of the molecule is O=C(O)C1CCCN(c2ncc(C(=O)N3CCCCC3)cc2Cl)C1. The van der Waals surface area contributed by atoms with E-state index >= 15 is 0 Å². The number of aliphatic carboxylic acids is 1. The molecule has 1 aromatic rings. The van der Waals surface area contributed by atoms with Crippen LogP contribution in [-0.2, 0) is 4.79 Å². The molecule has 2 fully saturated rings. The van der Waals surface area contributed by atoms with E-state index in [1.807, 2.05) is 9.80 Å². The van der Waals surface area contributed by atoms with E-state index in [1.54, 1.807) is 12.3 Å². The van der Waals surface area contributed by atoms with Gasteiger partial charge in [-0.25, -0.2) is 4.98 Å². The van der Waals surface area contributed by atoms with E-state index in [4.69, 9.17) is 11.6 Å². The molecule has 2 aliphatic rings. The van der Waals surface area contributed by atoms with Crippen molar-refractivity contribution < 1.29 is 14.7 Å². The van der Waals surface area contributed by atoms with Crippen LogP contribution in [0.4, 0.5) is 5.82 Å². The first-order chi connectivity index (χ1) is 11.6. The van der Waals surface area contributed by atoms with Gasteiger partial charge in [0.1, 0.15) is 5.82 Å². The number of rotatable bonds is 3. The van der Waals surface area contributed by atoms with Crippen LogP contribution in [0.1, 0.15) is 42.5 Å². The summed E-state index contributed by atoms with van der Waals surface area (Å²) in [6.07, 6.45) is 6.27. The first kappa shape index (κ1) is 17.0. The Morgan fingerprint density at radius 1 is 1.17 bits per heavy atom. The van der Waals surface area contributed by atoms with Crippen LogP contribution in [0.3, 0.4) is 0 Å². The number of likely N-dealkylation sites (tertiary alicyclic amines) is 1. The Kier molecular flexibility index (Phi) is 5.23. The summed E-state index contributed by atoms with van der Waals surface area (Å²) in [5.41, 5.74) is 0.498. The predicted octanol–water partition coefficient (Wildman–Crippen LogP) is 2.66. The Morgan fingerprint density at radius 2 is 1.92 bits per heavy atom. The highest BCUT2D eigenvalue weighted by atomic mass is 35.5. The summed E-state index contributed by atoms with van der Waals surface area (Å²) < 4.78 is 0. The van der Waals surface area contributed by atoms with Crippen molar-refractivity contribution in [2.24, 2.45) is 5.92 Å². The minimum Gasteiger partial charge on any atom is -0.481 e. The van der Waals surface area contributed by atoms with Gasteiger partial charge in [-0.1, -0.05) is 11.6 Å². The predicted molar refractivity (Wildman–Crippen MR) is 91.6 cm³/mol. The highest BCUT2D eigenvalue weighted by Crippen LogP contribution is 2.29. The molecule has 0 spiro atoms. The van der Waals surface area contributed by atoms with Crippen molar-refractivity contribution in [2.45, 2.75) is 32.1 Å². The van der Waals surface area contributed by atoms with Gasteiger partial charge in [0.2, 0.25) is 0 Å². The number of anilines is 1. The van der Waals surface area contributed by atoms with E-state index < -0.39 is 11.9 Å². The van der Waals surface area contributed by atoms with Crippen molar-refractivity contribution >= 4 is 29.3 Å². The molecule has 1 aromatic heterocycles. The highest BCUT2D eigenvalue weighted by molar-refractivity contribution is 6.33. The fraction of sp³-hybridized carbons (Fsp3) is 0.588. The molecule has 130 valence electrons. The summed E-state index contributed by atoms with van der Waals surface area (Å²) in [6.45, 7) is 2.70. The molecule has 3 rings (SSSR count). The average molecular weight is 352 g/mol. The summed E-state index contributed by atoms with van der Waals surface area (Å²) in [7, 11) is 0. The number of carboxylic acid groups (broad SMARTS) is 1. The summed E-state index contributed by atoms with van der Waals surface area (Å²) in [5, 5.41) is 9.61. The molecule has 2 saturated heterocycles. The lowest BCUT2D eigenvalue weighted by atomic mass is 9.98. The van der Waals surface area contributed by atoms with Gasteiger partial charge >= 0.3 is 5.97 Å². The van der Waals surface area contributed by atoms with Crippen molar-refractivity contribution in [2.75, 3.05) is 31.1 Å². The Labute approximate surface area is 146 Å². The van der Waals surface area contributed by atoms with Crippen LogP contribution in [0, 0.1) is 5.92 Å². The normalized spacial score (nSPS) is 21.6. The smallest absolute Gasteiger partial charge is 0.308 e. The second-order valence-corrected chi connectivity index (χ2v) is 6.91. The van der Waals surface area contributed by atoms with E-state index in [2.05, 4.69) is 4.98 Å². The number of halogens is 1. The van der Waals surface area contributed by atoms with Crippen molar-refractivity contribution in [3.8, 4) is 0 Å². The minimum atomic E-state index is -0.785. The van der Waals surface area contributed by atoms with Gasteiger partial charge in [-0.3, -0.25) is 9.59 Å². The fourth-order valence-electron chi connectivity index (χ4n) is 3.43. The topological polar surface area (TPSA) is 73.7 Å². The zero-order valence-electron chi connectivity index (χ0n) is 13.6. The molecule has 24 heavy (non-hydrogen) atoms. The summed E-state index contributed by atoms with van der Waals surface area (Å²) >= 11 is 6.35. The third kappa shape index (κ3) is 3.64. The number of amides is 1. The van der Waals surface area contributed by atoms with Crippen molar-refractivity contribution in [1.82, 2.24) is 9.88 Å². The number of nitrogens with zero attached hydrogens (tertiary/aromatic N) is 3. The Bertz CT molecular complexity index is 632. The number of carbonyl (C=O) groups excluding carboxylic acids is 1. The first-order valence-electron chi connectivity index (χ1n) is 8.49. The summed E-state index contributed by atoms with van der Waals surface area (Å²) in [6, 6.07) is 1.66. The second kappa shape index (κ2) is 7.38. The number of aromatic nitrogens is 1. The molecular weight excluding hydrogens is 330 g/mol. The molecule has 1 amide bonds. The van der Waals surface area contributed by atoms with E-state index in [0.717, 1.165) is 38.9 Å². The first-order valence-corrected chi connectivity index (χ1v) is 8.86. The van der Waals surface area contributed by atoms with Gasteiger partial charge in [-0.2, -0.15) is 0 Å². The van der Waals surface area contributed by atoms with Crippen LogP contribution in [0.15, 0.2) is 12.3 Å². The number of carbonyl (C=O) groups is 2. The maximum absolute atomic E-state index is 12.5. The Hall–Kier alpha value is -1.82. The number of pyridine rings is 1. The lowest BCUT2D eigenvalue weighted by Crippen LogP contribution is -2.39. The lowest BCUT2D eigenvalue weighted by molar-refractivity contribution is -0.141. The molecule has 0 aliphatic carbocycles. The van der Waals surface area contributed by atoms with Crippen molar-refractivity contribution in [3.63, 3.8) is 0 Å². The second-order valence-electron chi connectivity index (χ2n) is 6.51. The van der Waals surface area contributed by atoms with Crippen molar-refractivity contribution in [3.05, 3.63) is 22.8 Å². The highest BCUT2D eigenvalue weighted by Gasteiger charge is 2.28. The zero-order chi connectivity index (χ0) is 17.1. The molecule has 0 aromatic carbocycles. The van der Waals surface area contributed by atoms with Crippen LogP contribution in [0.25, 0.3) is 0 Å². The average Bonchev–Trinajstić information content (AvgIpc) is 2.62. The molecule has 6 nitrogen and oxygen atoms in total. The molecule has 0 bridgehead atoms. The quantitative estimate of drug-likeness (QED) is 0.906. The van der Waals surface area contributed by atoms with E-state index in [9.17, 15) is 14.7 Å².